The van der Waals surface area contributed by atoms with Crippen molar-refractivity contribution in [3.8, 4) is 0 Å². The molecule has 0 atom stereocenters. The van der Waals surface area contributed by atoms with E-state index in [0.29, 0.717) is 0 Å². The van der Waals surface area contributed by atoms with Crippen LogP contribution in [0.5, 0.6) is 0 Å². The first-order valence-electron chi connectivity index (χ1n) is 5.20. The fourth-order valence-corrected chi connectivity index (χ4v) is 4.09. The topological polar surface area (TPSA) is 29.3 Å². The zero-order valence-corrected chi connectivity index (χ0v) is 13.7. The molecule has 0 spiro atoms. The van der Waals surface area contributed by atoms with Gasteiger partial charge in [0.25, 0.3) is 0 Å². The maximum absolute atomic E-state index is 5.63. The molecular formula is C10H20N2Te2. The molecule has 0 aromatic heterocycles. The van der Waals surface area contributed by atoms with Gasteiger partial charge in [0.15, 0.2) is 0 Å². The summed E-state index contributed by atoms with van der Waals surface area (Å²) in [4.78, 5) is 2.40. The van der Waals surface area contributed by atoms with Gasteiger partial charge in [-0.3, -0.25) is 0 Å². The Morgan fingerprint density at radius 3 is 1.79 bits per heavy atom. The van der Waals surface area contributed by atoms with E-state index in [1.165, 1.54) is 33.0 Å². The second-order valence-corrected chi connectivity index (χ2v) is 5.92. The predicted molar refractivity (Wildman–Crippen MR) is 67.1 cm³/mol. The molecule has 0 aliphatic rings. The zero-order valence-electron chi connectivity index (χ0n) is 9.08. The summed E-state index contributed by atoms with van der Waals surface area (Å²) in [6, 6.07) is 0. The van der Waals surface area contributed by atoms with Gasteiger partial charge in [0.1, 0.15) is 0 Å². The summed E-state index contributed by atoms with van der Waals surface area (Å²) in [5.74, 6) is 0. The second-order valence-electron chi connectivity index (χ2n) is 3.23. The van der Waals surface area contributed by atoms with E-state index in [9.17, 15) is 0 Å². The Kier molecular flexibility index (Phi) is 10.0. The van der Waals surface area contributed by atoms with Crippen molar-refractivity contribution in [1.82, 2.24) is 4.90 Å². The van der Waals surface area contributed by atoms with Crippen molar-refractivity contribution in [1.29, 1.82) is 0 Å². The first-order valence-corrected chi connectivity index (χ1v) is 7.53. The standard InChI is InChI=1S/C10H20N2Te2/c1-3-5-9(13)12(8-7-11)10(14)6-4-2/h3-8,11H2,1-2H3. The van der Waals surface area contributed by atoms with Crippen LogP contribution in [0, 0.1) is 0 Å². The van der Waals surface area contributed by atoms with E-state index in [4.69, 9.17) is 5.73 Å². The molecule has 0 amide bonds. The summed E-state index contributed by atoms with van der Waals surface area (Å²) in [7, 11) is 0. The van der Waals surface area contributed by atoms with Gasteiger partial charge < -0.3 is 0 Å². The quantitative estimate of drug-likeness (QED) is 0.575. The molecule has 0 radical (unpaired) electrons. The molecule has 0 rings (SSSR count). The molecule has 2 nitrogen and oxygen atoms in total. The minimum atomic E-state index is 0.741. The van der Waals surface area contributed by atoms with Gasteiger partial charge in [0, 0.05) is 0 Å². The van der Waals surface area contributed by atoms with Crippen molar-refractivity contribution in [2.45, 2.75) is 39.5 Å². The molecule has 0 saturated heterocycles. The molecule has 2 N–H and O–H groups in total. The summed E-state index contributed by atoms with van der Waals surface area (Å²) in [6.45, 7) is 6.16. The van der Waals surface area contributed by atoms with Gasteiger partial charge in [-0.05, 0) is 0 Å². The van der Waals surface area contributed by atoms with E-state index in [0.717, 1.165) is 13.1 Å². The van der Waals surface area contributed by atoms with E-state index >= 15 is 0 Å². The van der Waals surface area contributed by atoms with Gasteiger partial charge in [0.05, 0.1) is 0 Å². The summed E-state index contributed by atoms with van der Waals surface area (Å²) in [5.41, 5.74) is 5.63. The third-order valence-electron chi connectivity index (χ3n) is 1.88. The predicted octanol–water partition coefficient (Wildman–Crippen LogP) is 0.444. The molecule has 0 unspecified atom stereocenters. The Labute approximate surface area is 113 Å². The minimum absolute atomic E-state index is 0.741. The number of hydrogen-bond donors (Lipinski definition) is 1. The molecule has 0 fully saturated rings. The van der Waals surface area contributed by atoms with Crippen molar-refractivity contribution >= 4 is 51.0 Å². The van der Waals surface area contributed by atoms with Crippen LogP contribution in [0.15, 0.2) is 0 Å². The van der Waals surface area contributed by atoms with Crippen LogP contribution in [-0.4, -0.2) is 69.0 Å². The molecule has 4 heteroatoms. The Balaban J connectivity index is 4.25. The van der Waals surface area contributed by atoms with Crippen LogP contribution in [0.1, 0.15) is 39.5 Å². The van der Waals surface area contributed by atoms with Gasteiger partial charge in [-0.2, -0.15) is 0 Å². The van der Waals surface area contributed by atoms with Crippen LogP contribution in [-0.2, 0) is 0 Å². The third-order valence-corrected chi connectivity index (χ3v) is 4.31. The fourth-order valence-electron chi connectivity index (χ4n) is 1.22. The second kappa shape index (κ2) is 9.32. The third kappa shape index (κ3) is 5.84. The van der Waals surface area contributed by atoms with Crippen LogP contribution in [0.4, 0.5) is 0 Å². The molecule has 0 bridgehead atoms. The zero-order chi connectivity index (χ0) is 11.0. The molecule has 0 aliphatic carbocycles. The Hall–Kier alpha value is 1.08. The van der Waals surface area contributed by atoms with E-state index in [-0.39, 0.29) is 0 Å². The molecule has 0 aromatic carbocycles. The first kappa shape index (κ1) is 15.1. The molecular weight excluding hydrogens is 403 g/mol. The number of nitrogens with two attached hydrogens (primary N) is 1. The van der Waals surface area contributed by atoms with Crippen molar-refractivity contribution in [3.05, 3.63) is 0 Å². The molecule has 14 heavy (non-hydrogen) atoms. The fraction of sp³-hybridized carbons (Fsp3) is 0.800. The maximum atomic E-state index is 5.63. The number of nitrogens with zero attached hydrogens (tertiary/aromatic N) is 1. The van der Waals surface area contributed by atoms with E-state index in [1.54, 1.807) is 0 Å². The Morgan fingerprint density at radius 2 is 1.50 bits per heavy atom. The van der Waals surface area contributed by atoms with Crippen LogP contribution >= 0.6 is 0 Å². The average Bonchev–Trinajstić information content (AvgIpc) is 2.14. The molecule has 0 saturated carbocycles. The number of hydrogen-bond acceptors (Lipinski definition) is 2. The molecule has 0 heterocycles. The monoisotopic (exact) mass is 428 g/mol. The van der Waals surface area contributed by atoms with Gasteiger partial charge in [-0.25, -0.2) is 0 Å². The Bertz CT molecular complexity index is 175. The SMILES string of the molecule is CCCC(=[Te])N(CCN)C(=[Te])CCC. The summed E-state index contributed by atoms with van der Waals surface area (Å²) < 4.78 is 2.95. The van der Waals surface area contributed by atoms with Crippen LogP contribution in [0.25, 0.3) is 0 Å². The van der Waals surface area contributed by atoms with Crippen molar-refractivity contribution in [2.24, 2.45) is 5.73 Å². The van der Waals surface area contributed by atoms with E-state index < -0.39 is 0 Å². The van der Waals surface area contributed by atoms with Crippen LogP contribution < -0.4 is 5.73 Å². The van der Waals surface area contributed by atoms with Gasteiger partial charge in [-0.15, -0.1) is 0 Å². The first-order chi connectivity index (χ1) is 6.67. The van der Waals surface area contributed by atoms with Crippen LogP contribution in [0.2, 0.25) is 0 Å². The van der Waals surface area contributed by atoms with Crippen molar-refractivity contribution in [2.75, 3.05) is 13.1 Å². The molecule has 0 aliphatic heterocycles. The van der Waals surface area contributed by atoms with Crippen molar-refractivity contribution in [3.63, 3.8) is 0 Å². The molecule has 0 aromatic rings. The van der Waals surface area contributed by atoms with Crippen molar-refractivity contribution < 1.29 is 0 Å². The Morgan fingerprint density at radius 1 is 1.07 bits per heavy atom. The summed E-state index contributed by atoms with van der Waals surface area (Å²) in [5, 5.41) is 0. The summed E-state index contributed by atoms with van der Waals surface area (Å²) >= 11 is 4.29. The summed E-state index contributed by atoms with van der Waals surface area (Å²) in [6.07, 6.45) is 4.81. The van der Waals surface area contributed by atoms with Gasteiger partial charge in [-0.1, -0.05) is 0 Å². The normalized spacial score (nSPS) is 9.93. The average molecular weight is 423 g/mol. The van der Waals surface area contributed by atoms with Gasteiger partial charge >= 0.3 is 114 Å². The number of rotatable bonds is 8. The van der Waals surface area contributed by atoms with E-state index in [2.05, 4.69) is 62.4 Å². The van der Waals surface area contributed by atoms with Gasteiger partial charge in [0.2, 0.25) is 0 Å². The molecule has 82 valence electrons. The van der Waals surface area contributed by atoms with Crippen LogP contribution in [0.3, 0.4) is 0 Å². The van der Waals surface area contributed by atoms with E-state index in [1.807, 2.05) is 0 Å².